The van der Waals surface area contributed by atoms with Gasteiger partial charge >= 0.3 is 0 Å². The van der Waals surface area contributed by atoms with E-state index in [9.17, 15) is 0 Å². The maximum atomic E-state index is 6.09. The van der Waals surface area contributed by atoms with Crippen molar-refractivity contribution in [2.45, 2.75) is 6.54 Å². The summed E-state index contributed by atoms with van der Waals surface area (Å²) in [5, 5.41) is 4.01. The van der Waals surface area contributed by atoms with Crippen molar-refractivity contribution in [3.05, 3.63) is 28.8 Å². The van der Waals surface area contributed by atoms with Crippen molar-refractivity contribution >= 4 is 17.3 Å². The number of halogens is 1. The molecule has 0 heterocycles. The lowest BCUT2D eigenvalue weighted by Gasteiger charge is -2.12. The molecule has 0 unspecified atom stereocenters. The number of benzene rings is 1. The summed E-state index contributed by atoms with van der Waals surface area (Å²) < 4.78 is 0. The van der Waals surface area contributed by atoms with Gasteiger partial charge in [-0.25, -0.2) is 0 Å². The van der Waals surface area contributed by atoms with Crippen LogP contribution in [0.5, 0.6) is 0 Å². The average Bonchev–Trinajstić information content (AvgIpc) is 2.20. The van der Waals surface area contributed by atoms with Crippen LogP contribution in [0.4, 0.5) is 5.69 Å². The molecule has 0 fully saturated rings. The minimum atomic E-state index is 0.525. The highest BCUT2D eigenvalue weighted by atomic mass is 35.5. The van der Waals surface area contributed by atoms with E-state index in [-0.39, 0.29) is 0 Å². The van der Waals surface area contributed by atoms with Gasteiger partial charge in [0.15, 0.2) is 0 Å². The van der Waals surface area contributed by atoms with Gasteiger partial charge in [0.2, 0.25) is 0 Å². The first-order chi connectivity index (χ1) is 7.13. The summed E-state index contributed by atoms with van der Waals surface area (Å²) in [7, 11) is 4.08. The Kier molecular flexibility index (Phi) is 4.88. The lowest BCUT2D eigenvalue weighted by Crippen LogP contribution is -2.20. The molecule has 1 aromatic rings. The summed E-state index contributed by atoms with van der Waals surface area (Å²) in [6, 6.07) is 5.86. The Morgan fingerprint density at radius 1 is 1.40 bits per heavy atom. The minimum absolute atomic E-state index is 0.525. The first-order valence-electron chi connectivity index (χ1n) is 5.00. The van der Waals surface area contributed by atoms with Crippen molar-refractivity contribution in [1.29, 1.82) is 0 Å². The molecule has 15 heavy (non-hydrogen) atoms. The van der Waals surface area contributed by atoms with E-state index in [1.165, 1.54) is 0 Å². The van der Waals surface area contributed by atoms with Crippen molar-refractivity contribution in [3.8, 4) is 0 Å². The Labute approximate surface area is 96.2 Å². The van der Waals surface area contributed by atoms with Crippen molar-refractivity contribution in [2.24, 2.45) is 5.73 Å². The number of nitrogens with zero attached hydrogens (tertiary/aromatic N) is 1. The van der Waals surface area contributed by atoms with Gasteiger partial charge in [0.25, 0.3) is 0 Å². The molecule has 0 aliphatic carbocycles. The molecule has 0 aliphatic rings. The van der Waals surface area contributed by atoms with Gasteiger partial charge < -0.3 is 16.0 Å². The third-order valence-corrected chi connectivity index (χ3v) is 2.46. The number of likely N-dealkylation sites (N-methyl/N-ethyl adjacent to an activating group) is 1. The normalized spacial score (nSPS) is 10.7. The Bertz CT molecular complexity index is 313. The maximum absolute atomic E-state index is 6.09. The molecular weight excluding hydrogens is 210 g/mol. The summed E-state index contributed by atoms with van der Waals surface area (Å²) in [6.45, 7) is 2.39. The second-order valence-electron chi connectivity index (χ2n) is 3.75. The lowest BCUT2D eigenvalue weighted by atomic mass is 10.2. The van der Waals surface area contributed by atoms with Crippen LogP contribution >= 0.6 is 11.6 Å². The fourth-order valence-electron chi connectivity index (χ4n) is 1.24. The van der Waals surface area contributed by atoms with Crippen LogP contribution in [0.2, 0.25) is 5.02 Å². The van der Waals surface area contributed by atoms with Crippen molar-refractivity contribution < 1.29 is 0 Å². The van der Waals surface area contributed by atoms with Crippen LogP contribution in [0.25, 0.3) is 0 Å². The van der Waals surface area contributed by atoms with Crippen LogP contribution in [0.3, 0.4) is 0 Å². The van der Waals surface area contributed by atoms with E-state index in [1.807, 2.05) is 32.3 Å². The highest BCUT2D eigenvalue weighted by Gasteiger charge is 2.00. The predicted octanol–water partition coefficient (Wildman–Crippen LogP) is 1.77. The van der Waals surface area contributed by atoms with Gasteiger partial charge in [-0.2, -0.15) is 0 Å². The van der Waals surface area contributed by atoms with Gasteiger partial charge in [-0.05, 0) is 31.8 Å². The molecule has 1 rings (SSSR count). The predicted molar refractivity (Wildman–Crippen MR) is 66.4 cm³/mol. The summed E-state index contributed by atoms with van der Waals surface area (Å²) in [5.74, 6) is 0. The van der Waals surface area contributed by atoms with E-state index in [4.69, 9.17) is 17.3 Å². The van der Waals surface area contributed by atoms with E-state index in [1.54, 1.807) is 0 Å². The smallest absolute Gasteiger partial charge is 0.0640 e. The molecule has 0 radical (unpaired) electrons. The molecule has 3 N–H and O–H groups in total. The molecule has 0 bridgehead atoms. The zero-order chi connectivity index (χ0) is 11.3. The van der Waals surface area contributed by atoms with Gasteiger partial charge in [-0.1, -0.05) is 17.7 Å². The van der Waals surface area contributed by atoms with Crippen molar-refractivity contribution in [1.82, 2.24) is 4.90 Å². The number of hydrogen-bond donors (Lipinski definition) is 2. The number of nitrogens with one attached hydrogen (secondary N) is 1. The lowest BCUT2D eigenvalue weighted by molar-refractivity contribution is 0.425. The highest BCUT2D eigenvalue weighted by Crippen LogP contribution is 2.22. The molecule has 0 saturated carbocycles. The monoisotopic (exact) mass is 227 g/mol. The molecule has 1 aromatic carbocycles. The molecule has 4 heteroatoms. The zero-order valence-corrected chi connectivity index (χ0v) is 10.0. The maximum Gasteiger partial charge on any atom is 0.0640 e. The standard InChI is InChI=1S/C11H18ClN3/c1-15(2)6-5-14-11-4-3-9(8-13)7-10(11)12/h3-4,7,14H,5-6,8,13H2,1-2H3. The molecule has 3 nitrogen and oxygen atoms in total. The van der Waals surface area contributed by atoms with E-state index in [0.29, 0.717) is 6.54 Å². The largest absolute Gasteiger partial charge is 0.383 e. The van der Waals surface area contributed by atoms with Crippen LogP contribution < -0.4 is 11.1 Å². The number of nitrogens with two attached hydrogens (primary N) is 1. The summed E-state index contributed by atoms with van der Waals surface area (Å²) in [6.07, 6.45) is 0. The average molecular weight is 228 g/mol. The molecule has 0 amide bonds. The number of anilines is 1. The summed E-state index contributed by atoms with van der Waals surface area (Å²) >= 11 is 6.09. The second-order valence-corrected chi connectivity index (χ2v) is 4.16. The van der Waals surface area contributed by atoms with Gasteiger partial charge in [-0.15, -0.1) is 0 Å². The van der Waals surface area contributed by atoms with Crippen LogP contribution in [0.1, 0.15) is 5.56 Å². The Morgan fingerprint density at radius 2 is 2.13 bits per heavy atom. The molecule has 0 spiro atoms. The van der Waals surface area contributed by atoms with Crippen LogP contribution in [-0.4, -0.2) is 32.1 Å². The Balaban J connectivity index is 2.54. The Hall–Kier alpha value is -0.770. The minimum Gasteiger partial charge on any atom is -0.383 e. The third kappa shape index (κ3) is 4.08. The molecule has 84 valence electrons. The third-order valence-electron chi connectivity index (χ3n) is 2.14. The molecule has 0 aromatic heterocycles. The summed E-state index contributed by atoms with van der Waals surface area (Å²) in [5.41, 5.74) is 7.55. The van der Waals surface area contributed by atoms with Crippen molar-refractivity contribution in [3.63, 3.8) is 0 Å². The topological polar surface area (TPSA) is 41.3 Å². The van der Waals surface area contributed by atoms with Gasteiger partial charge in [0.1, 0.15) is 0 Å². The second kappa shape index (κ2) is 5.95. The van der Waals surface area contributed by atoms with Crippen molar-refractivity contribution in [2.75, 3.05) is 32.5 Å². The van der Waals surface area contributed by atoms with E-state index in [2.05, 4.69) is 10.2 Å². The SMILES string of the molecule is CN(C)CCNc1ccc(CN)cc1Cl. The van der Waals surface area contributed by atoms with E-state index >= 15 is 0 Å². The fourth-order valence-corrected chi connectivity index (χ4v) is 1.51. The molecule has 0 saturated heterocycles. The number of rotatable bonds is 5. The first-order valence-corrected chi connectivity index (χ1v) is 5.38. The van der Waals surface area contributed by atoms with Gasteiger partial charge in [0, 0.05) is 19.6 Å². The molecular formula is C11H18ClN3. The Morgan fingerprint density at radius 3 is 2.67 bits per heavy atom. The van der Waals surface area contributed by atoms with Crippen LogP contribution in [0, 0.1) is 0 Å². The first kappa shape index (κ1) is 12.3. The highest BCUT2D eigenvalue weighted by molar-refractivity contribution is 6.33. The number of hydrogen-bond acceptors (Lipinski definition) is 3. The van der Waals surface area contributed by atoms with Gasteiger partial charge in [0.05, 0.1) is 10.7 Å². The van der Waals surface area contributed by atoms with Crippen LogP contribution in [-0.2, 0) is 6.54 Å². The van der Waals surface area contributed by atoms with E-state index < -0.39 is 0 Å². The quantitative estimate of drug-likeness (QED) is 0.806. The van der Waals surface area contributed by atoms with E-state index in [0.717, 1.165) is 29.4 Å². The van der Waals surface area contributed by atoms with Gasteiger partial charge in [-0.3, -0.25) is 0 Å². The summed E-state index contributed by atoms with van der Waals surface area (Å²) in [4.78, 5) is 2.12. The fraction of sp³-hybridized carbons (Fsp3) is 0.455. The zero-order valence-electron chi connectivity index (χ0n) is 9.26. The van der Waals surface area contributed by atoms with Crippen LogP contribution in [0.15, 0.2) is 18.2 Å². The molecule has 0 aliphatic heterocycles. The molecule has 0 atom stereocenters.